The van der Waals surface area contributed by atoms with Gasteiger partial charge in [0.1, 0.15) is 11.5 Å². The van der Waals surface area contributed by atoms with Crippen LogP contribution in [-0.2, 0) is 13.6 Å². The van der Waals surface area contributed by atoms with Gasteiger partial charge in [-0.3, -0.25) is 15.0 Å². The fourth-order valence-corrected chi connectivity index (χ4v) is 2.68. The Hall–Kier alpha value is -3.16. The smallest absolute Gasteiger partial charge is 0.320 e. The van der Waals surface area contributed by atoms with E-state index in [1.807, 2.05) is 35.0 Å². The molecule has 1 unspecified atom stereocenters. The number of aryl methyl sites for hydroxylation is 1. The maximum atomic E-state index is 12.6. The molecule has 0 spiro atoms. The molecule has 8 nitrogen and oxygen atoms in total. The van der Waals surface area contributed by atoms with Crippen molar-refractivity contribution >= 4 is 11.8 Å². The van der Waals surface area contributed by atoms with E-state index in [9.17, 15) is 4.79 Å². The maximum Gasteiger partial charge on any atom is 0.320 e. The molecule has 27 heavy (non-hydrogen) atoms. The van der Waals surface area contributed by atoms with Crippen LogP contribution in [0.4, 0.5) is 10.6 Å². The number of amides is 2. The van der Waals surface area contributed by atoms with E-state index >= 15 is 0 Å². The second-order valence-electron chi connectivity index (χ2n) is 7.53. The summed E-state index contributed by atoms with van der Waals surface area (Å²) in [5.74, 6) is 0.600. The van der Waals surface area contributed by atoms with Crippen LogP contribution in [0.15, 0.2) is 49.2 Å². The summed E-state index contributed by atoms with van der Waals surface area (Å²) in [7, 11) is 1.79. The van der Waals surface area contributed by atoms with Crippen LogP contribution in [0.25, 0.3) is 11.4 Å². The van der Waals surface area contributed by atoms with Gasteiger partial charge in [-0.15, -0.1) is 0 Å². The highest BCUT2D eigenvalue weighted by atomic mass is 16.2. The Balaban J connectivity index is 1.70. The lowest BCUT2D eigenvalue weighted by atomic mass is 9.86. The average molecular weight is 367 g/mol. The van der Waals surface area contributed by atoms with Crippen LogP contribution < -0.4 is 10.6 Å². The van der Waals surface area contributed by atoms with Crippen molar-refractivity contribution in [2.24, 2.45) is 12.5 Å². The average Bonchev–Trinajstić information content (AvgIpc) is 3.25. The summed E-state index contributed by atoms with van der Waals surface area (Å²) < 4.78 is 3.59. The fraction of sp³-hybridized carbons (Fsp3) is 0.368. The zero-order chi connectivity index (χ0) is 19.4. The third kappa shape index (κ3) is 4.72. The summed E-state index contributed by atoms with van der Waals surface area (Å²) in [4.78, 5) is 20.9. The number of imidazole rings is 1. The van der Waals surface area contributed by atoms with Crippen LogP contribution >= 0.6 is 0 Å². The molecule has 0 bridgehead atoms. The topological polar surface area (TPSA) is 89.7 Å². The van der Waals surface area contributed by atoms with Crippen molar-refractivity contribution < 1.29 is 4.79 Å². The van der Waals surface area contributed by atoms with E-state index in [0.717, 1.165) is 5.69 Å². The van der Waals surface area contributed by atoms with Gasteiger partial charge in [0.2, 0.25) is 0 Å². The van der Waals surface area contributed by atoms with Crippen LogP contribution in [0.2, 0.25) is 0 Å². The molecular weight excluding hydrogens is 342 g/mol. The Morgan fingerprint density at radius 1 is 1.22 bits per heavy atom. The van der Waals surface area contributed by atoms with Gasteiger partial charge >= 0.3 is 6.03 Å². The molecule has 0 aliphatic heterocycles. The van der Waals surface area contributed by atoms with Gasteiger partial charge in [-0.25, -0.2) is 9.78 Å². The van der Waals surface area contributed by atoms with Crippen LogP contribution in [0, 0.1) is 5.41 Å². The molecule has 3 aromatic rings. The predicted molar refractivity (Wildman–Crippen MR) is 104 cm³/mol. The van der Waals surface area contributed by atoms with Gasteiger partial charge in [-0.1, -0.05) is 26.8 Å². The molecule has 2 N–H and O–H groups in total. The number of pyridine rings is 1. The van der Waals surface area contributed by atoms with Gasteiger partial charge in [0.15, 0.2) is 0 Å². The van der Waals surface area contributed by atoms with Gasteiger partial charge in [-0.2, -0.15) is 5.10 Å². The summed E-state index contributed by atoms with van der Waals surface area (Å²) in [6.07, 6.45) is 7.08. The molecule has 0 aliphatic carbocycles. The third-order valence-corrected chi connectivity index (χ3v) is 4.35. The summed E-state index contributed by atoms with van der Waals surface area (Å²) in [5.41, 5.74) is 1.35. The van der Waals surface area contributed by atoms with Crippen molar-refractivity contribution in [1.29, 1.82) is 0 Å². The molecule has 0 aliphatic rings. The highest BCUT2D eigenvalue weighted by Gasteiger charge is 2.27. The zero-order valence-corrected chi connectivity index (χ0v) is 16.0. The van der Waals surface area contributed by atoms with Crippen LogP contribution in [0.5, 0.6) is 0 Å². The van der Waals surface area contributed by atoms with E-state index in [0.29, 0.717) is 18.1 Å². The van der Waals surface area contributed by atoms with Crippen LogP contribution in [0.1, 0.15) is 20.8 Å². The maximum absolute atomic E-state index is 12.6. The van der Waals surface area contributed by atoms with E-state index < -0.39 is 0 Å². The van der Waals surface area contributed by atoms with Gasteiger partial charge < -0.3 is 9.88 Å². The zero-order valence-electron chi connectivity index (χ0n) is 16.0. The molecule has 0 aromatic carbocycles. The minimum absolute atomic E-state index is 0.0739. The molecule has 8 heteroatoms. The molecule has 3 rings (SSSR count). The molecule has 0 radical (unpaired) electrons. The molecule has 142 valence electrons. The fourth-order valence-electron chi connectivity index (χ4n) is 2.68. The molecule has 2 amide bonds. The minimum Gasteiger partial charge on any atom is -0.335 e. The number of nitrogens with zero attached hydrogens (tertiary/aromatic N) is 5. The van der Waals surface area contributed by atoms with Gasteiger partial charge in [-0.05, 0) is 17.5 Å². The SMILES string of the molecule is Cn1nc(-c2ccccn2)cc1NC(=O)NC(Cn1ccnc1)C(C)(C)C. The van der Waals surface area contributed by atoms with Crippen LogP contribution in [-0.4, -0.2) is 36.4 Å². The Bertz CT molecular complexity index is 879. The second-order valence-corrected chi connectivity index (χ2v) is 7.53. The lowest BCUT2D eigenvalue weighted by molar-refractivity contribution is 0.218. The Morgan fingerprint density at radius 2 is 2.04 bits per heavy atom. The minimum atomic E-state index is -0.273. The number of hydrogen-bond donors (Lipinski definition) is 2. The Labute approximate surface area is 158 Å². The summed E-state index contributed by atoms with van der Waals surface area (Å²) in [5, 5.41) is 10.4. The highest BCUT2D eigenvalue weighted by molar-refractivity contribution is 5.89. The van der Waals surface area contributed by atoms with Crippen molar-refractivity contribution in [2.75, 3.05) is 5.32 Å². The molecule has 3 aromatic heterocycles. The summed E-state index contributed by atoms with van der Waals surface area (Å²) in [6.45, 7) is 6.93. The van der Waals surface area contributed by atoms with Crippen molar-refractivity contribution in [2.45, 2.75) is 33.4 Å². The number of carbonyl (C=O) groups excluding carboxylic acids is 1. The van der Waals surface area contributed by atoms with E-state index in [4.69, 9.17) is 0 Å². The van der Waals surface area contributed by atoms with E-state index in [-0.39, 0.29) is 17.5 Å². The number of urea groups is 1. The molecule has 0 saturated carbocycles. The normalized spacial score (nSPS) is 12.6. The first-order valence-electron chi connectivity index (χ1n) is 8.81. The number of carbonyl (C=O) groups is 1. The first kappa shape index (κ1) is 18.6. The van der Waals surface area contributed by atoms with Crippen LogP contribution in [0.3, 0.4) is 0 Å². The predicted octanol–water partition coefficient (Wildman–Crippen LogP) is 2.92. The molecule has 1 atom stereocenters. The highest BCUT2D eigenvalue weighted by Crippen LogP contribution is 2.22. The lowest BCUT2D eigenvalue weighted by Crippen LogP contribution is -2.48. The van der Waals surface area contributed by atoms with Gasteiger partial charge in [0.25, 0.3) is 0 Å². The lowest BCUT2D eigenvalue weighted by Gasteiger charge is -2.31. The number of nitrogens with one attached hydrogen (secondary N) is 2. The molecule has 0 saturated heterocycles. The van der Waals surface area contributed by atoms with E-state index in [1.165, 1.54) is 0 Å². The van der Waals surface area contributed by atoms with Crippen molar-refractivity contribution in [3.63, 3.8) is 0 Å². The van der Waals surface area contributed by atoms with Crippen molar-refractivity contribution in [3.8, 4) is 11.4 Å². The second kappa shape index (κ2) is 7.61. The quantitative estimate of drug-likeness (QED) is 0.725. The summed E-state index contributed by atoms with van der Waals surface area (Å²) in [6, 6.07) is 7.10. The van der Waals surface area contributed by atoms with Crippen molar-refractivity contribution in [1.82, 2.24) is 29.6 Å². The van der Waals surface area contributed by atoms with E-state index in [1.54, 1.807) is 30.5 Å². The largest absolute Gasteiger partial charge is 0.335 e. The van der Waals surface area contributed by atoms with Crippen molar-refractivity contribution in [3.05, 3.63) is 49.2 Å². The number of aromatic nitrogens is 5. The van der Waals surface area contributed by atoms with Gasteiger partial charge in [0.05, 0.1) is 18.1 Å². The number of rotatable bonds is 5. The molecular formula is C19H25N7O. The third-order valence-electron chi connectivity index (χ3n) is 4.35. The van der Waals surface area contributed by atoms with E-state index in [2.05, 4.69) is 46.5 Å². The van der Waals surface area contributed by atoms with Gasteiger partial charge in [0, 0.05) is 38.2 Å². The number of hydrogen-bond acceptors (Lipinski definition) is 4. The number of anilines is 1. The first-order valence-corrected chi connectivity index (χ1v) is 8.81. The first-order chi connectivity index (χ1) is 12.8. The standard InChI is InChI=1S/C19H25N7O/c1-19(2,3)16(12-26-10-9-20-13-26)22-18(27)23-17-11-15(24-25(17)4)14-7-5-6-8-21-14/h5-11,13,16H,12H2,1-4H3,(H2,22,23,27). The molecule has 0 fully saturated rings. The Morgan fingerprint density at radius 3 is 2.67 bits per heavy atom. The monoisotopic (exact) mass is 367 g/mol. The Kier molecular flexibility index (Phi) is 5.25. The summed E-state index contributed by atoms with van der Waals surface area (Å²) >= 11 is 0. The molecule has 3 heterocycles.